The lowest BCUT2D eigenvalue weighted by atomic mass is 9.99. The molecule has 3 heterocycles. The zero-order chi connectivity index (χ0) is 20.1. The van der Waals surface area contributed by atoms with E-state index in [0.29, 0.717) is 12.0 Å². The number of fused-ring (bicyclic) bond motifs is 1. The van der Waals surface area contributed by atoms with Crippen LogP contribution in [0.5, 0.6) is 0 Å². The molecule has 0 aromatic carbocycles. The van der Waals surface area contributed by atoms with Gasteiger partial charge in [-0.1, -0.05) is 13.8 Å². The van der Waals surface area contributed by atoms with E-state index in [4.69, 9.17) is 4.98 Å². The van der Waals surface area contributed by atoms with E-state index in [0.717, 1.165) is 43.4 Å². The fraction of sp³-hybridized carbons (Fsp3) is 0.727. The van der Waals surface area contributed by atoms with Crippen molar-refractivity contribution in [2.24, 2.45) is 0 Å². The van der Waals surface area contributed by atoms with Crippen LogP contribution < -0.4 is 16.0 Å². The van der Waals surface area contributed by atoms with Crippen LogP contribution in [0.3, 0.4) is 0 Å². The van der Waals surface area contributed by atoms with E-state index in [2.05, 4.69) is 45.9 Å². The van der Waals surface area contributed by atoms with Gasteiger partial charge in [0.05, 0.1) is 18.8 Å². The van der Waals surface area contributed by atoms with E-state index in [-0.39, 0.29) is 0 Å². The Labute approximate surface area is 174 Å². The first-order valence-electron chi connectivity index (χ1n) is 11.6. The summed E-state index contributed by atoms with van der Waals surface area (Å²) in [4.78, 5) is 7.44. The summed E-state index contributed by atoms with van der Waals surface area (Å²) in [6.45, 7) is 11.6. The van der Waals surface area contributed by atoms with E-state index in [1.807, 2.05) is 16.8 Å². The second-order valence-corrected chi connectivity index (χ2v) is 8.71. The number of nitrogens with one attached hydrogen (secondary N) is 2. The summed E-state index contributed by atoms with van der Waals surface area (Å²) in [7, 11) is 0. The maximum Gasteiger partial charge on any atom is 0.157 e. The summed E-state index contributed by atoms with van der Waals surface area (Å²) in [5.41, 5.74) is 2.15. The lowest BCUT2D eigenvalue weighted by Crippen LogP contribution is -2.90. The van der Waals surface area contributed by atoms with Crippen molar-refractivity contribution in [3.63, 3.8) is 0 Å². The Bertz CT molecular complexity index is 764. The molecule has 2 atom stereocenters. The number of hydrogen-bond acceptors (Lipinski definition) is 5. The fourth-order valence-corrected chi connectivity index (χ4v) is 4.95. The first-order valence-corrected chi connectivity index (χ1v) is 11.6. The van der Waals surface area contributed by atoms with E-state index in [1.165, 1.54) is 51.1 Å². The lowest BCUT2D eigenvalue weighted by Gasteiger charge is -2.26. The Morgan fingerprint density at radius 3 is 2.86 bits per heavy atom. The molecule has 160 valence electrons. The molecule has 0 unspecified atom stereocenters. The third kappa shape index (κ3) is 5.08. The summed E-state index contributed by atoms with van der Waals surface area (Å²) >= 11 is 0. The molecule has 2 aromatic heterocycles. The van der Waals surface area contributed by atoms with Crippen molar-refractivity contribution < 1.29 is 5.32 Å². The summed E-state index contributed by atoms with van der Waals surface area (Å²) in [6.07, 6.45) is 7.87. The Morgan fingerprint density at radius 1 is 1.24 bits per heavy atom. The monoisotopic (exact) mass is 400 g/mol. The minimum absolute atomic E-state index is 0.519. The summed E-state index contributed by atoms with van der Waals surface area (Å²) in [5.74, 6) is 1.62. The number of rotatable bonds is 9. The van der Waals surface area contributed by atoms with Crippen molar-refractivity contribution in [3.05, 3.63) is 24.0 Å². The van der Waals surface area contributed by atoms with Crippen LogP contribution in [0.1, 0.15) is 57.6 Å². The highest BCUT2D eigenvalue weighted by molar-refractivity contribution is 5.50. The average Bonchev–Trinajstić information content (AvgIpc) is 3.39. The smallest absolute Gasteiger partial charge is 0.157 e. The van der Waals surface area contributed by atoms with Crippen molar-refractivity contribution in [2.75, 3.05) is 44.6 Å². The summed E-state index contributed by atoms with van der Waals surface area (Å²) < 4.78 is 1.97. The highest BCUT2D eigenvalue weighted by Gasteiger charge is 2.28. The summed E-state index contributed by atoms with van der Waals surface area (Å²) in [5, 5.41) is 14.3. The van der Waals surface area contributed by atoms with E-state index in [1.54, 1.807) is 0 Å². The van der Waals surface area contributed by atoms with E-state index < -0.39 is 0 Å². The molecule has 4 N–H and O–H groups in total. The molecule has 7 nitrogen and oxygen atoms in total. The topological polar surface area (TPSA) is 74.1 Å². The molecule has 0 bridgehead atoms. The largest absolute Gasteiger partial charge is 0.367 e. The zero-order valence-corrected chi connectivity index (χ0v) is 18.1. The Balaban J connectivity index is 1.33. The van der Waals surface area contributed by atoms with E-state index >= 15 is 0 Å². The molecule has 2 aromatic rings. The Kier molecular flexibility index (Phi) is 7.00. The molecule has 7 heteroatoms. The average molecular weight is 401 g/mol. The van der Waals surface area contributed by atoms with Gasteiger partial charge in [-0.3, -0.25) is 4.90 Å². The van der Waals surface area contributed by atoms with Gasteiger partial charge in [0.15, 0.2) is 5.65 Å². The van der Waals surface area contributed by atoms with Gasteiger partial charge in [0.25, 0.3) is 0 Å². The number of hydrogen-bond donors (Lipinski definition) is 3. The van der Waals surface area contributed by atoms with Gasteiger partial charge < -0.3 is 16.0 Å². The quantitative estimate of drug-likeness (QED) is 0.594. The maximum atomic E-state index is 4.86. The van der Waals surface area contributed by atoms with Crippen molar-refractivity contribution in [2.45, 2.75) is 64.0 Å². The number of aromatic nitrogens is 3. The molecule has 1 saturated heterocycles. The van der Waals surface area contributed by atoms with Crippen molar-refractivity contribution in [1.29, 1.82) is 0 Å². The highest BCUT2D eigenvalue weighted by atomic mass is 15.3. The van der Waals surface area contributed by atoms with Crippen LogP contribution in [0.25, 0.3) is 5.65 Å². The molecule has 29 heavy (non-hydrogen) atoms. The zero-order valence-electron chi connectivity index (χ0n) is 18.1. The first-order chi connectivity index (χ1) is 14.3. The van der Waals surface area contributed by atoms with Crippen molar-refractivity contribution in [3.8, 4) is 0 Å². The molecule has 0 radical (unpaired) electrons. The lowest BCUT2D eigenvalue weighted by molar-refractivity contribution is -0.687. The molecule has 1 aliphatic carbocycles. The van der Waals surface area contributed by atoms with Gasteiger partial charge in [-0.2, -0.15) is 9.61 Å². The highest BCUT2D eigenvalue weighted by Crippen LogP contribution is 2.27. The fourth-order valence-electron chi connectivity index (χ4n) is 4.95. The molecule has 0 amide bonds. The minimum atomic E-state index is 0.519. The van der Waals surface area contributed by atoms with Gasteiger partial charge in [-0.25, -0.2) is 4.98 Å². The predicted molar refractivity (Wildman–Crippen MR) is 117 cm³/mol. The van der Waals surface area contributed by atoms with Crippen LogP contribution in [-0.2, 0) is 0 Å². The molecular formula is C22H38N7+. The third-order valence-electron chi connectivity index (χ3n) is 6.76. The number of piperazine rings is 1. The summed E-state index contributed by atoms with van der Waals surface area (Å²) in [6, 6.07) is 5.51. The molecule has 0 spiro atoms. The van der Waals surface area contributed by atoms with Gasteiger partial charge in [0.2, 0.25) is 0 Å². The predicted octanol–water partition coefficient (Wildman–Crippen LogP) is 1.43. The van der Waals surface area contributed by atoms with Crippen molar-refractivity contribution >= 4 is 11.5 Å². The Morgan fingerprint density at radius 2 is 2.07 bits per heavy atom. The SMILES string of the molecule is CCC(CC)c1cc(N[C@H]2CC[C@H]([NH2+]CCN3CCNCC3)C2)n2nccc2n1. The normalized spacial score (nSPS) is 23.3. The van der Waals surface area contributed by atoms with Crippen LogP contribution in [0.15, 0.2) is 18.3 Å². The van der Waals surface area contributed by atoms with Gasteiger partial charge in [-0.05, 0) is 19.3 Å². The van der Waals surface area contributed by atoms with Gasteiger partial charge in [0, 0.05) is 75.4 Å². The minimum Gasteiger partial charge on any atom is -0.367 e. The van der Waals surface area contributed by atoms with Crippen LogP contribution in [0, 0.1) is 0 Å². The van der Waals surface area contributed by atoms with Crippen LogP contribution in [0.2, 0.25) is 0 Å². The molecular weight excluding hydrogens is 362 g/mol. The first kappa shape index (κ1) is 20.6. The van der Waals surface area contributed by atoms with Crippen LogP contribution in [-0.4, -0.2) is 70.9 Å². The van der Waals surface area contributed by atoms with Crippen LogP contribution in [0.4, 0.5) is 5.82 Å². The number of quaternary nitrogens is 1. The molecule has 4 rings (SSSR count). The molecule has 2 fully saturated rings. The third-order valence-corrected chi connectivity index (χ3v) is 6.76. The van der Waals surface area contributed by atoms with E-state index in [9.17, 15) is 0 Å². The standard InChI is InChI=1S/C22H37N7/c1-3-17(4-2)20-16-22(29-21(27-20)7-8-25-29)26-19-6-5-18(15-19)24-11-14-28-12-9-23-10-13-28/h7-8,16-19,23-24,26H,3-6,9-15H2,1-2H3/p+1/t18-,19-/m0/s1. The van der Waals surface area contributed by atoms with Gasteiger partial charge in [-0.15, -0.1) is 0 Å². The second kappa shape index (κ2) is 9.87. The second-order valence-electron chi connectivity index (χ2n) is 8.71. The number of nitrogens with zero attached hydrogens (tertiary/aromatic N) is 4. The molecule has 1 aliphatic heterocycles. The van der Waals surface area contributed by atoms with Crippen molar-refractivity contribution in [1.82, 2.24) is 24.8 Å². The maximum absolute atomic E-state index is 4.86. The Hall–Kier alpha value is -1.70. The van der Waals surface area contributed by atoms with Gasteiger partial charge in [0.1, 0.15) is 5.82 Å². The van der Waals surface area contributed by atoms with Crippen LogP contribution >= 0.6 is 0 Å². The molecule has 2 aliphatic rings. The number of anilines is 1. The van der Waals surface area contributed by atoms with Gasteiger partial charge >= 0.3 is 0 Å². The molecule has 1 saturated carbocycles. The number of nitrogens with two attached hydrogens (primary N) is 1.